The van der Waals surface area contributed by atoms with Gasteiger partial charge in [-0.2, -0.15) is 0 Å². The first-order chi connectivity index (χ1) is 5.29. The SMILES string of the molecule is CCN1Cc2nc(C)sc2C1. The molecular formula is C8H12N2S. The standard InChI is InChI=1S/C8H12N2S/c1-3-10-4-7-8(5-10)11-6(2)9-7/h3-5H2,1-2H3. The first-order valence-corrected chi connectivity index (χ1v) is 4.78. The molecule has 1 aliphatic heterocycles. The Balaban J connectivity index is 2.23. The Morgan fingerprint density at radius 2 is 2.36 bits per heavy atom. The van der Waals surface area contributed by atoms with Gasteiger partial charge in [0.15, 0.2) is 0 Å². The van der Waals surface area contributed by atoms with Gasteiger partial charge >= 0.3 is 0 Å². The van der Waals surface area contributed by atoms with E-state index in [1.165, 1.54) is 15.6 Å². The molecule has 60 valence electrons. The number of aryl methyl sites for hydroxylation is 1. The van der Waals surface area contributed by atoms with Gasteiger partial charge in [0.2, 0.25) is 0 Å². The zero-order valence-electron chi connectivity index (χ0n) is 6.92. The van der Waals surface area contributed by atoms with E-state index in [4.69, 9.17) is 0 Å². The largest absolute Gasteiger partial charge is 0.293 e. The second kappa shape index (κ2) is 2.57. The Morgan fingerprint density at radius 3 is 3.00 bits per heavy atom. The second-order valence-corrected chi connectivity index (χ2v) is 4.19. The van der Waals surface area contributed by atoms with E-state index < -0.39 is 0 Å². The molecule has 0 fully saturated rings. The topological polar surface area (TPSA) is 16.1 Å². The predicted octanol–water partition coefficient (Wildman–Crippen LogP) is 1.79. The summed E-state index contributed by atoms with van der Waals surface area (Å²) in [5.74, 6) is 0. The van der Waals surface area contributed by atoms with Gasteiger partial charge in [-0.15, -0.1) is 11.3 Å². The van der Waals surface area contributed by atoms with E-state index in [1.807, 2.05) is 11.3 Å². The molecule has 0 amide bonds. The van der Waals surface area contributed by atoms with Crippen molar-refractivity contribution in [1.29, 1.82) is 0 Å². The highest BCUT2D eigenvalue weighted by Gasteiger charge is 2.20. The fraction of sp³-hybridized carbons (Fsp3) is 0.625. The highest BCUT2D eigenvalue weighted by atomic mass is 32.1. The third-order valence-electron chi connectivity index (χ3n) is 2.07. The van der Waals surface area contributed by atoms with Crippen molar-refractivity contribution in [1.82, 2.24) is 9.88 Å². The maximum atomic E-state index is 4.47. The normalized spacial score (nSPS) is 17.3. The molecule has 0 aliphatic carbocycles. The average Bonchev–Trinajstić information content (AvgIpc) is 2.43. The summed E-state index contributed by atoms with van der Waals surface area (Å²) in [6.07, 6.45) is 0. The number of aromatic nitrogens is 1. The van der Waals surface area contributed by atoms with Gasteiger partial charge in [0.25, 0.3) is 0 Å². The first kappa shape index (κ1) is 7.25. The lowest BCUT2D eigenvalue weighted by atomic mass is 10.4. The van der Waals surface area contributed by atoms with Gasteiger partial charge in [-0.05, 0) is 13.5 Å². The number of hydrogen-bond donors (Lipinski definition) is 0. The zero-order chi connectivity index (χ0) is 7.84. The van der Waals surface area contributed by atoms with Crippen LogP contribution in [0.4, 0.5) is 0 Å². The molecule has 0 bridgehead atoms. The molecule has 2 heterocycles. The summed E-state index contributed by atoms with van der Waals surface area (Å²) in [7, 11) is 0. The molecule has 2 rings (SSSR count). The number of thiazole rings is 1. The van der Waals surface area contributed by atoms with Gasteiger partial charge in [0.05, 0.1) is 10.7 Å². The molecule has 2 nitrogen and oxygen atoms in total. The summed E-state index contributed by atoms with van der Waals surface area (Å²) in [5.41, 5.74) is 1.31. The number of nitrogens with zero attached hydrogens (tertiary/aromatic N) is 2. The van der Waals surface area contributed by atoms with Crippen LogP contribution in [0.3, 0.4) is 0 Å². The lowest BCUT2D eigenvalue weighted by molar-refractivity contribution is 0.300. The Bertz CT molecular complexity index is 244. The van der Waals surface area contributed by atoms with Gasteiger partial charge in [-0.25, -0.2) is 4.98 Å². The quantitative estimate of drug-likeness (QED) is 0.635. The van der Waals surface area contributed by atoms with Crippen LogP contribution in [-0.4, -0.2) is 16.4 Å². The van der Waals surface area contributed by atoms with E-state index >= 15 is 0 Å². The van der Waals surface area contributed by atoms with Crippen LogP contribution in [-0.2, 0) is 13.1 Å². The second-order valence-electron chi connectivity index (χ2n) is 2.91. The number of rotatable bonds is 1. The van der Waals surface area contributed by atoms with Crippen LogP contribution < -0.4 is 0 Å². The summed E-state index contributed by atoms with van der Waals surface area (Å²) in [6.45, 7) is 7.61. The highest BCUT2D eigenvalue weighted by Crippen LogP contribution is 2.26. The van der Waals surface area contributed by atoms with Gasteiger partial charge in [-0.1, -0.05) is 6.92 Å². The molecule has 0 spiro atoms. The molecule has 0 atom stereocenters. The predicted molar refractivity (Wildman–Crippen MR) is 46.6 cm³/mol. The lowest BCUT2D eigenvalue weighted by Crippen LogP contribution is -2.15. The Hall–Kier alpha value is -0.410. The van der Waals surface area contributed by atoms with Gasteiger partial charge < -0.3 is 0 Å². The maximum absolute atomic E-state index is 4.47. The van der Waals surface area contributed by atoms with Crippen LogP contribution in [0.5, 0.6) is 0 Å². The number of fused-ring (bicyclic) bond motifs is 1. The Kier molecular flexibility index (Phi) is 1.69. The van der Waals surface area contributed by atoms with Crippen molar-refractivity contribution in [2.75, 3.05) is 6.54 Å². The molecule has 1 aromatic heterocycles. The van der Waals surface area contributed by atoms with E-state index in [1.54, 1.807) is 0 Å². The third-order valence-corrected chi connectivity index (χ3v) is 3.07. The van der Waals surface area contributed by atoms with E-state index in [9.17, 15) is 0 Å². The van der Waals surface area contributed by atoms with Crippen LogP contribution >= 0.6 is 11.3 Å². The minimum Gasteiger partial charge on any atom is -0.293 e. The molecule has 1 aliphatic rings. The van der Waals surface area contributed by atoms with E-state index in [2.05, 4.69) is 23.7 Å². The maximum Gasteiger partial charge on any atom is 0.0901 e. The van der Waals surface area contributed by atoms with Crippen LogP contribution in [0.15, 0.2) is 0 Å². The summed E-state index contributed by atoms with van der Waals surface area (Å²) < 4.78 is 0. The van der Waals surface area contributed by atoms with E-state index in [0.717, 1.165) is 19.6 Å². The van der Waals surface area contributed by atoms with Crippen LogP contribution in [0, 0.1) is 6.92 Å². The Labute approximate surface area is 70.9 Å². The number of hydrogen-bond acceptors (Lipinski definition) is 3. The van der Waals surface area contributed by atoms with Crippen molar-refractivity contribution < 1.29 is 0 Å². The van der Waals surface area contributed by atoms with Gasteiger partial charge in [0, 0.05) is 18.0 Å². The summed E-state index contributed by atoms with van der Waals surface area (Å²) in [4.78, 5) is 8.35. The molecular weight excluding hydrogens is 156 g/mol. The molecule has 0 radical (unpaired) electrons. The third kappa shape index (κ3) is 1.19. The lowest BCUT2D eigenvalue weighted by Gasteiger charge is -2.09. The van der Waals surface area contributed by atoms with Crippen molar-refractivity contribution in [2.24, 2.45) is 0 Å². The fourth-order valence-corrected chi connectivity index (χ4v) is 2.44. The van der Waals surface area contributed by atoms with Crippen molar-refractivity contribution in [3.8, 4) is 0 Å². The van der Waals surface area contributed by atoms with Gasteiger partial charge in [-0.3, -0.25) is 4.90 Å². The minimum atomic E-state index is 1.07. The summed E-state index contributed by atoms with van der Waals surface area (Å²) in [5, 5.41) is 1.21. The van der Waals surface area contributed by atoms with Gasteiger partial charge in [0.1, 0.15) is 0 Å². The van der Waals surface area contributed by atoms with Crippen molar-refractivity contribution in [2.45, 2.75) is 26.9 Å². The average molecular weight is 168 g/mol. The van der Waals surface area contributed by atoms with Crippen molar-refractivity contribution in [3.63, 3.8) is 0 Å². The zero-order valence-corrected chi connectivity index (χ0v) is 7.74. The fourth-order valence-electron chi connectivity index (χ4n) is 1.45. The monoisotopic (exact) mass is 168 g/mol. The molecule has 0 saturated heterocycles. The molecule has 0 unspecified atom stereocenters. The first-order valence-electron chi connectivity index (χ1n) is 3.97. The van der Waals surface area contributed by atoms with Crippen LogP contribution in [0.2, 0.25) is 0 Å². The minimum absolute atomic E-state index is 1.07. The van der Waals surface area contributed by atoms with Crippen molar-refractivity contribution in [3.05, 3.63) is 15.6 Å². The molecule has 11 heavy (non-hydrogen) atoms. The van der Waals surface area contributed by atoms with E-state index in [-0.39, 0.29) is 0 Å². The highest BCUT2D eigenvalue weighted by molar-refractivity contribution is 7.11. The van der Waals surface area contributed by atoms with Crippen LogP contribution in [0.25, 0.3) is 0 Å². The molecule has 0 N–H and O–H groups in total. The molecule has 3 heteroatoms. The Morgan fingerprint density at radius 1 is 1.55 bits per heavy atom. The van der Waals surface area contributed by atoms with E-state index in [0.29, 0.717) is 0 Å². The van der Waals surface area contributed by atoms with Crippen molar-refractivity contribution >= 4 is 11.3 Å². The summed E-state index contributed by atoms with van der Waals surface area (Å²) >= 11 is 1.84. The molecule has 0 aromatic carbocycles. The molecule has 1 aromatic rings. The van der Waals surface area contributed by atoms with Crippen LogP contribution in [0.1, 0.15) is 22.5 Å². The summed E-state index contributed by atoms with van der Waals surface area (Å²) in [6, 6.07) is 0. The smallest absolute Gasteiger partial charge is 0.0901 e. The molecule has 0 saturated carbocycles.